The third kappa shape index (κ3) is 4.38. The van der Waals surface area contributed by atoms with Crippen LogP contribution in [0.3, 0.4) is 0 Å². The van der Waals surface area contributed by atoms with Gasteiger partial charge in [-0.2, -0.15) is 0 Å². The highest BCUT2D eigenvalue weighted by Crippen LogP contribution is 2.31. The molecule has 0 saturated carbocycles. The van der Waals surface area contributed by atoms with Crippen LogP contribution in [0.4, 0.5) is 0 Å². The Morgan fingerprint density at radius 2 is 1.84 bits per heavy atom. The van der Waals surface area contributed by atoms with E-state index in [2.05, 4.69) is 10.6 Å². The third-order valence-corrected chi connectivity index (χ3v) is 4.26. The maximum atomic E-state index is 12.6. The summed E-state index contributed by atoms with van der Waals surface area (Å²) in [6, 6.07) is 16.9. The van der Waals surface area contributed by atoms with Crippen molar-refractivity contribution in [1.82, 2.24) is 10.6 Å². The predicted octanol–water partition coefficient (Wildman–Crippen LogP) is 2.89. The average molecular weight is 338 g/mol. The topological polar surface area (TPSA) is 67.4 Å². The van der Waals surface area contributed by atoms with E-state index in [0.29, 0.717) is 6.61 Å². The SMILES string of the molecule is CC(=O)N[C@@H](CC(=O)N[C@H]1CCOc2ccccc21)c1ccccc1. The van der Waals surface area contributed by atoms with Crippen LogP contribution in [0.15, 0.2) is 54.6 Å². The number of nitrogens with one attached hydrogen (secondary N) is 2. The maximum absolute atomic E-state index is 12.6. The van der Waals surface area contributed by atoms with Crippen molar-refractivity contribution in [2.24, 2.45) is 0 Å². The zero-order valence-corrected chi connectivity index (χ0v) is 14.2. The van der Waals surface area contributed by atoms with Crippen LogP contribution in [-0.2, 0) is 9.59 Å². The number of carbonyl (C=O) groups is 2. The van der Waals surface area contributed by atoms with E-state index in [4.69, 9.17) is 4.74 Å². The third-order valence-electron chi connectivity index (χ3n) is 4.26. The Hall–Kier alpha value is -2.82. The second-order valence-corrected chi connectivity index (χ2v) is 6.16. The Bertz CT molecular complexity index is 746. The fraction of sp³-hybridized carbons (Fsp3) is 0.300. The zero-order valence-electron chi connectivity index (χ0n) is 14.2. The molecule has 5 nitrogen and oxygen atoms in total. The summed E-state index contributed by atoms with van der Waals surface area (Å²) >= 11 is 0. The minimum Gasteiger partial charge on any atom is -0.493 e. The molecule has 0 radical (unpaired) electrons. The molecule has 2 amide bonds. The van der Waals surface area contributed by atoms with Crippen molar-refractivity contribution >= 4 is 11.8 Å². The van der Waals surface area contributed by atoms with Gasteiger partial charge in [-0.3, -0.25) is 9.59 Å². The van der Waals surface area contributed by atoms with Gasteiger partial charge in [-0.15, -0.1) is 0 Å². The lowest BCUT2D eigenvalue weighted by atomic mass is 9.99. The van der Waals surface area contributed by atoms with Gasteiger partial charge < -0.3 is 15.4 Å². The van der Waals surface area contributed by atoms with Crippen LogP contribution < -0.4 is 15.4 Å². The Kier molecular flexibility index (Phi) is 5.33. The Balaban J connectivity index is 1.69. The molecule has 1 heterocycles. The molecule has 0 aromatic heterocycles. The first-order valence-electron chi connectivity index (χ1n) is 8.46. The maximum Gasteiger partial charge on any atom is 0.222 e. The van der Waals surface area contributed by atoms with E-state index < -0.39 is 0 Å². The number of amides is 2. The van der Waals surface area contributed by atoms with Crippen LogP contribution in [0, 0.1) is 0 Å². The van der Waals surface area contributed by atoms with E-state index in [1.54, 1.807) is 0 Å². The van der Waals surface area contributed by atoms with E-state index in [0.717, 1.165) is 23.3 Å². The Morgan fingerprint density at radius 3 is 2.60 bits per heavy atom. The first-order valence-corrected chi connectivity index (χ1v) is 8.46. The second kappa shape index (κ2) is 7.83. The molecule has 1 aliphatic heterocycles. The molecular weight excluding hydrogens is 316 g/mol. The van der Waals surface area contributed by atoms with Gasteiger partial charge in [0, 0.05) is 18.9 Å². The molecule has 0 fully saturated rings. The minimum absolute atomic E-state index is 0.0637. The molecule has 3 rings (SSSR count). The highest BCUT2D eigenvalue weighted by Gasteiger charge is 2.24. The molecule has 0 unspecified atom stereocenters. The summed E-state index contributed by atoms with van der Waals surface area (Å²) in [7, 11) is 0. The van der Waals surface area contributed by atoms with Crippen molar-refractivity contribution in [2.75, 3.05) is 6.61 Å². The normalized spacial score (nSPS) is 16.9. The molecule has 0 bridgehead atoms. The first kappa shape index (κ1) is 17.0. The first-order chi connectivity index (χ1) is 12.1. The number of benzene rings is 2. The van der Waals surface area contributed by atoms with Crippen LogP contribution in [-0.4, -0.2) is 18.4 Å². The molecule has 1 aliphatic rings. The highest BCUT2D eigenvalue weighted by molar-refractivity contribution is 5.79. The molecule has 0 aliphatic carbocycles. The van der Waals surface area contributed by atoms with E-state index in [9.17, 15) is 9.59 Å². The number of hydrogen-bond acceptors (Lipinski definition) is 3. The largest absolute Gasteiger partial charge is 0.493 e. The smallest absolute Gasteiger partial charge is 0.222 e. The predicted molar refractivity (Wildman–Crippen MR) is 95.1 cm³/mol. The Morgan fingerprint density at radius 1 is 1.12 bits per heavy atom. The second-order valence-electron chi connectivity index (χ2n) is 6.16. The summed E-state index contributed by atoms with van der Waals surface area (Å²) in [5.74, 6) is 0.572. The number of ether oxygens (including phenoxy) is 1. The lowest BCUT2D eigenvalue weighted by Crippen LogP contribution is -2.36. The summed E-state index contributed by atoms with van der Waals surface area (Å²) < 4.78 is 5.63. The molecule has 2 aromatic rings. The van der Waals surface area contributed by atoms with Crippen molar-refractivity contribution in [3.05, 3.63) is 65.7 Å². The fourth-order valence-corrected chi connectivity index (χ4v) is 3.11. The molecular formula is C20H22N2O3. The van der Waals surface area contributed by atoms with Crippen molar-refractivity contribution < 1.29 is 14.3 Å². The van der Waals surface area contributed by atoms with Crippen LogP contribution in [0.25, 0.3) is 0 Å². The van der Waals surface area contributed by atoms with Crippen LogP contribution in [0.5, 0.6) is 5.75 Å². The van der Waals surface area contributed by atoms with Gasteiger partial charge in [-0.1, -0.05) is 48.5 Å². The van der Waals surface area contributed by atoms with Gasteiger partial charge >= 0.3 is 0 Å². The summed E-state index contributed by atoms with van der Waals surface area (Å²) in [4.78, 5) is 24.1. The summed E-state index contributed by atoms with van der Waals surface area (Å²) in [5, 5.41) is 5.94. The molecule has 130 valence electrons. The van der Waals surface area contributed by atoms with Crippen molar-refractivity contribution in [3.63, 3.8) is 0 Å². The van der Waals surface area contributed by atoms with Gasteiger partial charge in [-0.25, -0.2) is 0 Å². The molecule has 2 N–H and O–H groups in total. The lowest BCUT2D eigenvalue weighted by molar-refractivity contribution is -0.123. The van der Waals surface area contributed by atoms with Crippen molar-refractivity contribution in [2.45, 2.75) is 31.8 Å². The van der Waals surface area contributed by atoms with Crippen LogP contribution in [0.2, 0.25) is 0 Å². The standard InChI is InChI=1S/C20H22N2O3/c1-14(23)21-18(15-7-3-2-4-8-15)13-20(24)22-17-11-12-25-19-10-6-5-9-16(17)19/h2-10,17-18H,11-13H2,1H3,(H,21,23)(H,22,24)/t17-,18-/m0/s1. The molecule has 25 heavy (non-hydrogen) atoms. The summed E-state index contributed by atoms with van der Waals surface area (Å²) in [6.07, 6.45) is 0.933. The van der Waals surface area contributed by atoms with Gasteiger partial charge in [0.15, 0.2) is 0 Å². The fourth-order valence-electron chi connectivity index (χ4n) is 3.11. The summed E-state index contributed by atoms with van der Waals surface area (Å²) in [6.45, 7) is 2.04. The number of carbonyl (C=O) groups excluding carboxylic acids is 2. The van der Waals surface area contributed by atoms with Gasteiger partial charge in [0.2, 0.25) is 11.8 Å². The zero-order chi connectivity index (χ0) is 17.6. The molecule has 2 atom stereocenters. The number of fused-ring (bicyclic) bond motifs is 1. The number of para-hydroxylation sites is 1. The monoisotopic (exact) mass is 338 g/mol. The van der Waals surface area contributed by atoms with Gasteiger partial charge in [0.05, 0.1) is 25.1 Å². The number of rotatable bonds is 5. The van der Waals surface area contributed by atoms with Gasteiger partial charge in [0.1, 0.15) is 5.75 Å². The van der Waals surface area contributed by atoms with Crippen LogP contribution in [0.1, 0.15) is 43.0 Å². The van der Waals surface area contributed by atoms with Gasteiger partial charge in [0.25, 0.3) is 0 Å². The lowest BCUT2D eigenvalue weighted by Gasteiger charge is -2.27. The molecule has 2 aromatic carbocycles. The Labute approximate surface area is 147 Å². The minimum atomic E-state index is -0.339. The number of hydrogen-bond donors (Lipinski definition) is 2. The quantitative estimate of drug-likeness (QED) is 0.881. The van der Waals surface area contributed by atoms with E-state index in [1.165, 1.54) is 6.92 Å². The van der Waals surface area contributed by atoms with Crippen molar-refractivity contribution in [3.8, 4) is 5.75 Å². The molecule has 5 heteroatoms. The van der Waals surface area contributed by atoms with Crippen molar-refractivity contribution in [1.29, 1.82) is 0 Å². The van der Waals surface area contributed by atoms with Crippen LogP contribution >= 0.6 is 0 Å². The van der Waals surface area contributed by atoms with E-state index >= 15 is 0 Å². The molecule has 0 saturated heterocycles. The average Bonchev–Trinajstić information content (AvgIpc) is 2.62. The van der Waals surface area contributed by atoms with E-state index in [1.807, 2.05) is 54.6 Å². The highest BCUT2D eigenvalue weighted by atomic mass is 16.5. The van der Waals surface area contributed by atoms with Gasteiger partial charge in [-0.05, 0) is 11.6 Å². The summed E-state index contributed by atoms with van der Waals surface area (Å²) in [5.41, 5.74) is 1.91. The van der Waals surface area contributed by atoms with E-state index in [-0.39, 0.29) is 30.3 Å². The molecule has 0 spiro atoms.